The molecule has 0 heterocycles. The number of Topliss-reactive ketones (excluding diaryl/α,β-unsaturated/α-hetero) is 1. The van der Waals surface area contributed by atoms with Gasteiger partial charge in [0.15, 0.2) is 5.78 Å². The Morgan fingerprint density at radius 2 is 1.76 bits per heavy atom. The fraction of sp³-hybridized carbons (Fsp3) is 0.333. The normalized spacial score (nSPS) is 10.1. The number of ether oxygens (including phenoxy) is 1. The maximum absolute atomic E-state index is 12.8. The van der Waals surface area contributed by atoms with Crippen molar-refractivity contribution in [3.05, 3.63) is 35.4 Å². The van der Waals surface area contributed by atoms with Crippen molar-refractivity contribution < 1.29 is 23.1 Å². The first-order valence-electron chi connectivity index (χ1n) is 5.18. The van der Waals surface area contributed by atoms with Gasteiger partial charge in [0.1, 0.15) is 18.1 Å². The van der Waals surface area contributed by atoms with E-state index in [1.807, 2.05) is 6.92 Å². The first kappa shape index (κ1) is 13.3. The number of hydrogen-bond donors (Lipinski definition) is 0. The number of benzene rings is 1. The van der Waals surface area contributed by atoms with E-state index in [2.05, 4.69) is 0 Å². The van der Waals surface area contributed by atoms with Crippen LogP contribution in [-0.2, 0) is 9.53 Å². The molecule has 0 aliphatic heterocycles. The molecule has 0 spiro atoms. The molecule has 0 aliphatic carbocycles. The zero-order valence-corrected chi connectivity index (χ0v) is 9.33. The third-order valence-corrected chi connectivity index (χ3v) is 1.96. The highest BCUT2D eigenvalue weighted by molar-refractivity contribution is 6.05. The summed E-state index contributed by atoms with van der Waals surface area (Å²) in [5.41, 5.74) is -0.170. The Kier molecular flexibility index (Phi) is 4.75. The molecule has 0 amide bonds. The summed E-state index contributed by atoms with van der Waals surface area (Å²) in [6.45, 7) is 2.04. The molecule has 0 saturated carbocycles. The standard InChI is InChI=1S/C12H12F2O3/c1-2-3-17-12(16)7-11(15)8-4-9(13)6-10(14)5-8/h4-6H,2-3,7H2,1H3. The maximum Gasteiger partial charge on any atom is 0.313 e. The monoisotopic (exact) mass is 242 g/mol. The van der Waals surface area contributed by atoms with E-state index < -0.39 is 29.8 Å². The molecule has 1 aromatic carbocycles. The molecule has 0 atom stereocenters. The van der Waals surface area contributed by atoms with Crippen molar-refractivity contribution >= 4 is 11.8 Å². The third-order valence-electron chi connectivity index (χ3n) is 1.96. The minimum absolute atomic E-state index is 0.170. The van der Waals surface area contributed by atoms with E-state index in [-0.39, 0.29) is 12.2 Å². The van der Waals surface area contributed by atoms with Gasteiger partial charge in [0.05, 0.1) is 6.61 Å². The van der Waals surface area contributed by atoms with Crippen LogP contribution in [0.25, 0.3) is 0 Å². The van der Waals surface area contributed by atoms with Crippen molar-refractivity contribution in [2.45, 2.75) is 19.8 Å². The van der Waals surface area contributed by atoms with Gasteiger partial charge in [-0.25, -0.2) is 8.78 Å². The van der Waals surface area contributed by atoms with Crippen LogP contribution >= 0.6 is 0 Å². The fourth-order valence-corrected chi connectivity index (χ4v) is 1.21. The lowest BCUT2D eigenvalue weighted by Crippen LogP contribution is -2.12. The quantitative estimate of drug-likeness (QED) is 0.452. The van der Waals surface area contributed by atoms with Crippen LogP contribution in [0.1, 0.15) is 30.1 Å². The van der Waals surface area contributed by atoms with E-state index in [4.69, 9.17) is 4.74 Å². The average Bonchev–Trinajstić information content (AvgIpc) is 2.25. The predicted octanol–water partition coefficient (Wildman–Crippen LogP) is 2.49. The van der Waals surface area contributed by atoms with E-state index in [1.54, 1.807) is 0 Å². The molecule has 0 unspecified atom stereocenters. The highest BCUT2D eigenvalue weighted by atomic mass is 19.1. The first-order valence-corrected chi connectivity index (χ1v) is 5.18. The maximum atomic E-state index is 12.8. The van der Waals surface area contributed by atoms with Gasteiger partial charge in [-0.3, -0.25) is 9.59 Å². The van der Waals surface area contributed by atoms with Gasteiger partial charge >= 0.3 is 5.97 Å². The number of carbonyl (C=O) groups is 2. The molecular weight excluding hydrogens is 230 g/mol. The molecule has 0 saturated heterocycles. The highest BCUT2D eigenvalue weighted by Crippen LogP contribution is 2.10. The summed E-state index contributed by atoms with van der Waals surface area (Å²) in [6.07, 6.45) is 0.136. The molecule has 0 radical (unpaired) electrons. The topological polar surface area (TPSA) is 43.4 Å². The first-order chi connectivity index (χ1) is 8.02. The molecule has 0 fully saturated rings. The molecule has 17 heavy (non-hydrogen) atoms. The van der Waals surface area contributed by atoms with Crippen LogP contribution < -0.4 is 0 Å². The van der Waals surface area contributed by atoms with E-state index in [9.17, 15) is 18.4 Å². The van der Waals surface area contributed by atoms with Crippen molar-refractivity contribution in [3.8, 4) is 0 Å². The van der Waals surface area contributed by atoms with E-state index in [0.29, 0.717) is 12.5 Å². The number of carbonyl (C=O) groups excluding carboxylic acids is 2. The smallest absolute Gasteiger partial charge is 0.313 e. The number of hydrogen-bond acceptors (Lipinski definition) is 3. The van der Waals surface area contributed by atoms with Gasteiger partial charge in [0.25, 0.3) is 0 Å². The van der Waals surface area contributed by atoms with Crippen molar-refractivity contribution in [3.63, 3.8) is 0 Å². The predicted molar refractivity (Wildman–Crippen MR) is 56.6 cm³/mol. The lowest BCUT2D eigenvalue weighted by atomic mass is 10.1. The van der Waals surface area contributed by atoms with Crippen LogP contribution in [0.15, 0.2) is 18.2 Å². The van der Waals surface area contributed by atoms with Crippen molar-refractivity contribution in [1.29, 1.82) is 0 Å². The third kappa shape index (κ3) is 4.30. The Morgan fingerprint density at radius 1 is 1.18 bits per heavy atom. The Balaban J connectivity index is 2.66. The summed E-state index contributed by atoms with van der Waals surface area (Å²) in [5.74, 6) is -3.06. The van der Waals surface area contributed by atoms with Gasteiger partial charge in [-0.2, -0.15) is 0 Å². The summed E-state index contributed by atoms with van der Waals surface area (Å²) in [5, 5.41) is 0. The molecule has 0 N–H and O–H groups in total. The van der Waals surface area contributed by atoms with Crippen molar-refractivity contribution in [1.82, 2.24) is 0 Å². The number of halogens is 2. The molecule has 0 aromatic heterocycles. The molecule has 0 bridgehead atoms. The van der Waals surface area contributed by atoms with Crippen LogP contribution in [0.2, 0.25) is 0 Å². The second kappa shape index (κ2) is 6.08. The Hall–Kier alpha value is -1.78. The lowest BCUT2D eigenvalue weighted by molar-refractivity contribution is -0.142. The summed E-state index contributed by atoms with van der Waals surface area (Å²) in [4.78, 5) is 22.6. The van der Waals surface area contributed by atoms with Crippen LogP contribution in [0.4, 0.5) is 8.78 Å². The highest BCUT2D eigenvalue weighted by Gasteiger charge is 2.14. The van der Waals surface area contributed by atoms with Gasteiger partial charge in [0, 0.05) is 11.6 Å². The summed E-state index contributed by atoms with van der Waals surface area (Å²) >= 11 is 0. The molecule has 1 aromatic rings. The SMILES string of the molecule is CCCOC(=O)CC(=O)c1cc(F)cc(F)c1. The molecule has 3 nitrogen and oxygen atoms in total. The summed E-state index contributed by atoms with van der Waals surface area (Å²) in [6, 6.07) is 2.43. The molecule has 5 heteroatoms. The number of esters is 1. The van der Waals surface area contributed by atoms with Crippen LogP contribution in [0, 0.1) is 11.6 Å². The van der Waals surface area contributed by atoms with Crippen LogP contribution in [-0.4, -0.2) is 18.4 Å². The van der Waals surface area contributed by atoms with Crippen LogP contribution in [0.3, 0.4) is 0 Å². The molecular formula is C12H12F2O3. The molecule has 92 valence electrons. The fourth-order valence-electron chi connectivity index (χ4n) is 1.21. The zero-order valence-electron chi connectivity index (χ0n) is 9.33. The molecule has 0 aliphatic rings. The zero-order chi connectivity index (χ0) is 12.8. The Bertz CT molecular complexity index is 410. The molecule has 1 rings (SSSR count). The second-order valence-corrected chi connectivity index (χ2v) is 3.48. The number of ketones is 1. The Morgan fingerprint density at radius 3 is 2.29 bits per heavy atom. The summed E-state index contributed by atoms with van der Waals surface area (Å²) in [7, 11) is 0. The van der Waals surface area contributed by atoms with Gasteiger partial charge < -0.3 is 4.74 Å². The van der Waals surface area contributed by atoms with Gasteiger partial charge in [0.2, 0.25) is 0 Å². The summed E-state index contributed by atoms with van der Waals surface area (Å²) < 4.78 is 30.3. The Labute approximate surface area is 97.4 Å². The minimum atomic E-state index is -0.852. The van der Waals surface area contributed by atoms with Gasteiger partial charge in [-0.05, 0) is 18.6 Å². The van der Waals surface area contributed by atoms with Crippen molar-refractivity contribution in [2.75, 3.05) is 6.61 Å². The van der Waals surface area contributed by atoms with Crippen LogP contribution in [0.5, 0.6) is 0 Å². The average molecular weight is 242 g/mol. The second-order valence-electron chi connectivity index (χ2n) is 3.48. The minimum Gasteiger partial charge on any atom is -0.465 e. The van der Waals surface area contributed by atoms with Gasteiger partial charge in [-0.1, -0.05) is 6.92 Å². The number of rotatable bonds is 5. The van der Waals surface area contributed by atoms with Gasteiger partial charge in [-0.15, -0.1) is 0 Å². The largest absolute Gasteiger partial charge is 0.465 e. The van der Waals surface area contributed by atoms with E-state index >= 15 is 0 Å². The lowest BCUT2D eigenvalue weighted by Gasteiger charge is -2.03. The van der Waals surface area contributed by atoms with E-state index in [1.165, 1.54) is 0 Å². The van der Waals surface area contributed by atoms with E-state index in [0.717, 1.165) is 12.1 Å². The van der Waals surface area contributed by atoms with Crippen molar-refractivity contribution in [2.24, 2.45) is 0 Å².